The van der Waals surface area contributed by atoms with Gasteiger partial charge in [-0.3, -0.25) is 0 Å². The SMILES string of the molecule is CC(C)c1cccc(C(C)C)c1N1[CH-]C2(CCCCC2)CC1(C)C.[Cl][Cu+]. The molecule has 2 aliphatic rings. The molecule has 0 unspecified atom stereocenters. The van der Waals surface area contributed by atoms with Crippen LogP contribution in [0.2, 0.25) is 0 Å². The third-order valence-corrected chi connectivity index (χ3v) is 6.27. The van der Waals surface area contributed by atoms with Gasteiger partial charge in [0.1, 0.15) is 0 Å². The molecule has 0 atom stereocenters. The Morgan fingerprint density at radius 3 is 1.92 bits per heavy atom. The zero-order chi connectivity index (χ0) is 19.5. The maximum absolute atomic E-state index is 4.20. The van der Waals surface area contributed by atoms with E-state index in [1.54, 1.807) is 0 Å². The van der Waals surface area contributed by atoms with Crippen molar-refractivity contribution in [3.8, 4) is 0 Å². The standard InChI is InChI=1S/C23H36N.ClH.Cu/c1-17(2)19-11-10-12-20(18(3)4)21(19)24-16-23(15-22(24,5)6)13-8-7-9-14-23;;/h10-12,16-18H,7-9,13-15H2,1-6H3;1H;/q-1;;+2/p-1. The van der Waals surface area contributed by atoms with Gasteiger partial charge in [0.05, 0.1) is 0 Å². The Balaban J connectivity index is 0.00000117. The van der Waals surface area contributed by atoms with Crippen LogP contribution in [0.25, 0.3) is 0 Å². The van der Waals surface area contributed by atoms with Crippen molar-refractivity contribution >= 4 is 15.8 Å². The summed E-state index contributed by atoms with van der Waals surface area (Å²) in [6, 6.07) is 6.96. The molecule has 1 spiro atoms. The zero-order valence-electron chi connectivity index (χ0n) is 17.3. The first-order valence-electron chi connectivity index (χ1n) is 10.2. The fourth-order valence-electron chi connectivity index (χ4n) is 5.16. The summed E-state index contributed by atoms with van der Waals surface area (Å²) in [6.07, 6.45) is 8.31. The maximum atomic E-state index is 4.20. The summed E-state index contributed by atoms with van der Waals surface area (Å²) >= 11 is 3.66. The van der Waals surface area contributed by atoms with E-state index in [1.165, 1.54) is 55.3 Å². The Morgan fingerprint density at radius 2 is 1.46 bits per heavy atom. The van der Waals surface area contributed by atoms with Crippen LogP contribution in [0.5, 0.6) is 0 Å². The van der Waals surface area contributed by atoms with Gasteiger partial charge in [-0.15, -0.1) is 5.41 Å². The second-order valence-electron chi connectivity index (χ2n) is 9.51. The van der Waals surface area contributed by atoms with Gasteiger partial charge in [-0.2, -0.15) is 0 Å². The van der Waals surface area contributed by atoms with Gasteiger partial charge in [0.15, 0.2) is 0 Å². The Labute approximate surface area is 174 Å². The number of rotatable bonds is 3. The van der Waals surface area contributed by atoms with Gasteiger partial charge < -0.3 is 4.90 Å². The van der Waals surface area contributed by atoms with Crippen LogP contribution in [0.15, 0.2) is 18.2 Å². The second kappa shape index (κ2) is 8.89. The second-order valence-corrected chi connectivity index (χ2v) is 9.51. The topological polar surface area (TPSA) is 3.24 Å². The van der Waals surface area contributed by atoms with E-state index < -0.39 is 0 Å². The van der Waals surface area contributed by atoms with Gasteiger partial charge in [0.2, 0.25) is 0 Å². The van der Waals surface area contributed by atoms with Crippen LogP contribution < -0.4 is 4.90 Å². The fraction of sp³-hybridized carbons (Fsp3) is 0.696. The van der Waals surface area contributed by atoms with Gasteiger partial charge in [0.25, 0.3) is 0 Å². The van der Waals surface area contributed by atoms with Crippen LogP contribution in [0.3, 0.4) is 0 Å². The molecule has 0 radical (unpaired) electrons. The zero-order valence-corrected chi connectivity index (χ0v) is 19.0. The van der Waals surface area contributed by atoms with Crippen molar-refractivity contribution in [2.24, 2.45) is 5.41 Å². The average molecular weight is 426 g/mol. The molecule has 1 nitrogen and oxygen atoms in total. The van der Waals surface area contributed by atoms with E-state index in [0.29, 0.717) is 17.3 Å². The van der Waals surface area contributed by atoms with Crippen LogP contribution in [0, 0.1) is 12.0 Å². The third kappa shape index (κ3) is 4.45. The predicted octanol–water partition coefficient (Wildman–Crippen LogP) is 7.72. The molecule has 2 fully saturated rings. The molecule has 26 heavy (non-hydrogen) atoms. The van der Waals surface area contributed by atoms with Gasteiger partial charge in [-0.05, 0) is 36.8 Å². The number of benzene rings is 1. The van der Waals surface area contributed by atoms with Crippen molar-refractivity contribution in [3.63, 3.8) is 0 Å². The molecule has 3 rings (SSSR count). The summed E-state index contributed by atoms with van der Waals surface area (Å²) in [5, 5.41) is 0. The monoisotopic (exact) mass is 424 g/mol. The van der Waals surface area contributed by atoms with E-state index in [0.717, 1.165) is 0 Å². The number of halogens is 1. The van der Waals surface area contributed by atoms with Crippen molar-refractivity contribution in [1.82, 2.24) is 0 Å². The van der Waals surface area contributed by atoms with Crippen LogP contribution in [-0.4, -0.2) is 5.54 Å². The van der Waals surface area contributed by atoms with Crippen LogP contribution in [0.4, 0.5) is 5.69 Å². The van der Waals surface area contributed by atoms with Crippen LogP contribution >= 0.6 is 10.1 Å². The number of hydrogen-bond donors (Lipinski definition) is 0. The molecule has 1 aromatic carbocycles. The summed E-state index contributed by atoms with van der Waals surface area (Å²) in [7, 11) is 4.20. The van der Waals surface area contributed by atoms with Gasteiger partial charge >= 0.3 is 25.2 Å². The normalized spacial score (nSPS) is 21.3. The molecule has 1 saturated carbocycles. The molecule has 1 aliphatic heterocycles. The van der Waals surface area contributed by atoms with E-state index >= 15 is 0 Å². The molecule has 1 aliphatic carbocycles. The first-order chi connectivity index (χ1) is 12.3. The molecule has 0 amide bonds. The van der Waals surface area contributed by atoms with Crippen molar-refractivity contribution in [1.29, 1.82) is 0 Å². The summed E-state index contributed by atoms with van der Waals surface area (Å²) in [6.45, 7) is 16.9. The first kappa shape index (κ1) is 22.1. The van der Waals surface area contributed by atoms with Crippen molar-refractivity contribution in [2.75, 3.05) is 4.90 Å². The minimum atomic E-state index is 0.214. The molecular formula is C23H36ClCuN. The summed E-state index contributed by atoms with van der Waals surface area (Å²) in [4.78, 5) is 2.68. The van der Waals surface area contributed by atoms with E-state index in [1.807, 2.05) is 0 Å². The van der Waals surface area contributed by atoms with Crippen molar-refractivity contribution in [2.45, 2.75) is 97.4 Å². The van der Waals surface area contributed by atoms with Crippen molar-refractivity contribution < 1.29 is 15.1 Å². The molecule has 0 bridgehead atoms. The number of hydrogen-bond acceptors (Lipinski definition) is 1. The number of nitrogens with zero attached hydrogens (tertiary/aromatic N) is 1. The predicted molar refractivity (Wildman–Crippen MR) is 111 cm³/mol. The summed E-state index contributed by atoms with van der Waals surface area (Å²) < 4.78 is 0. The Morgan fingerprint density at radius 1 is 0.962 bits per heavy atom. The van der Waals surface area contributed by atoms with Crippen LogP contribution in [-0.2, 0) is 15.1 Å². The third-order valence-electron chi connectivity index (χ3n) is 6.27. The van der Waals surface area contributed by atoms with Crippen molar-refractivity contribution in [3.05, 3.63) is 35.9 Å². The summed E-state index contributed by atoms with van der Waals surface area (Å²) in [5.74, 6) is 1.12. The Bertz CT molecular complexity index is 562. The molecule has 1 saturated heterocycles. The molecule has 1 heterocycles. The molecular weight excluding hydrogens is 389 g/mol. The Kier molecular flexibility index (Phi) is 7.56. The molecule has 3 heteroatoms. The Hall–Kier alpha value is -0.171. The van der Waals surface area contributed by atoms with Gasteiger partial charge in [0, 0.05) is 11.2 Å². The first-order valence-corrected chi connectivity index (χ1v) is 11.4. The van der Waals surface area contributed by atoms with E-state index in [4.69, 9.17) is 0 Å². The van der Waals surface area contributed by atoms with Crippen LogP contribution in [0.1, 0.15) is 103 Å². The molecule has 0 N–H and O–H groups in total. The number of para-hydroxylation sites is 1. The molecule has 1 aromatic rings. The molecule has 0 aromatic heterocycles. The minimum absolute atomic E-state index is 0.214. The quantitative estimate of drug-likeness (QED) is 0.354. The number of anilines is 1. The van der Waals surface area contributed by atoms with Gasteiger partial charge in [-0.25, -0.2) is 6.54 Å². The van der Waals surface area contributed by atoms with E-state index in [9.17, 15) is 0 Å². The van der Waals surface area contributed by atoms with E-state index in [-0.39, 0.29) is 5.54 Å². The molecule has 151 valence electrons. The van der Waals surface area contributed by atoms with Gasteiger partial charge in [-0.1, -0.05) is 84.4 Å². The average Bonchev–Trinajstić information content (AvgIpc) is 2.86. The fourth-order valence-corrected chi connectivity index (χ4v) is 5.16. The summed E-state index contributed by atoms with van der Waals surface area (Å²) in [5.41, 5.74) is 5.19. The van der Waals surface area contributed by atoms with E-state index in [2.05, 4.69) is 96.4 Å².